The molecule has 0 saturated carbocycles. The second-order valence-corrected chi connectivity index (χ2v) is 6.90. The standard InChI is InChI=1S/C20H23N3O3S.ClH/c1-2-26-20(24)18(14-17-4-3-13-27-17)15-5-7-16(8-6-15)19(21)22-23-9-11-25-12-10-23;/h3-8,13-14H,2,9-12H2,1H3,(H2,21,22);1H/b18-14+;. The van der Waals surface area contributed by atoms with Gasteiger partial charge in [0, 0.05) is 10.4 Å². The fourth-order valence-corrected chi connectivity index (χ4v) is 3.33. The van der Waals surface area contributed by atoms with Crippen LogP contribution in [0.25, 0.3) is 11.6 Å². The first-order valence-electron chi connectivity index (χ1n) is 8.87. The van der Waals surface area contributed by atoms with Gasteiger partial charge in [0.25, 0.3) is 0 Å². The Morgan fingerprint density at radius 2 is 1.93 bits per heavy atom. The van der Waals surface area contributed by atoms with E-state index in [0.717, 1.165) is 29.1 Å². The quantitative estimate of drug-likeness (QED) is 0.335. The fraction of sp³-hybridized carbons (Fsp3) is 0.300. The van der Waals surface area contributed by atoms with Crippen LogP contribution in [0.4, 0.5) is 0 Å². The molecule has 3 rings (SSSR count). The van der Waals surface area contributed by atoms with Crippen LogP contribution in [0.2, 0.25) is 0 Å². The molecule has 1 aliphatic heterocycles. The van der Waals surface area contributed by atoms with Crippen LogP contribution >= 0.6 is 23.7 Å². The number of esters is 1. The molecular weight excluding hydrogens is 398 g/mol. The SMILES string of the molecule is CCOC(=O)/C(=C/c1cccs1)c1ccc(/C(N)=N\N2CCOCC2)cc1.Cl. The first kappa shape index (κ1) is 21.9. The molecule has 0 radical (unpaired) electrons. The van der Waals surface area contributed by atoms with Crippen LogP contribution in [0.5, 0.6) is 0 Å². The summed E-state index contributed by atoms with van der Waals surface area (Å²) in [5, 5.41) is 8.33. The van der Waals surface area contributed by atoms with E-state index in [2.05, 4.69) is 5.10 Å². The number of nitrogens with two attached hydrogens (primary N) is 1. The van der Waals surface area contributed by atoms with Gasteiger partial charge in [0.1, 0.15) is 0 Å². The molecule has 1 saturated heterocycles. The summed E-state index contributed by atoms with van der Waals surface area (Å²) in [4.78, 5) is 13.4. The smallest absolute Gasteiger partial charge is 0.338 e. The monoisotopic (exact) mass is 421 g/mol. The summed E-state index contributed by atoms with van der Waals surface area (Å²) in [7, 11) is 0. The van der Waals surface area contributed by atoms with Gasteiger partial charge in [-0.15, -0.1) is 23.7 Å². The van der Waals surface area contributed by atoms with Crippen molar-refractivity contribution in [2.45, 2.75) is 6.92 Å². The molecule has 1 aromatic carbocycles. The number of hydrazone groups is 1. The third-order valence-corrected chi connectivity index (χ3v) is 4.87. The van der Waals surface area contributed by atoms with E-state index < -0.39 is 0 Å². The lowest BCUT2D eigenvalue weighted by atomic mass is 10.0. The molecule has 0 atom stereocenters. The largest absolute Gasteiger partial charge is 0.462 e. The van der Waals surface area contributed by atoms with Gasteiger partial charge in [0.15, 0.2) is 5.84 Å². The van der Waals surface area contributed by atoms with Crippen LogP contribution < -0.4 is 5.73 Å². The van der Waals surface area contributed by atoms with Gasteiger partial charge < -0.3 is 15.2 Å². The lowest BCUT2D eigenvalue weighted by molar-refractivity contribution is -0.136. The highest BCUT2D eigenvalue weighted by Crippen LogP contribution is 2.23. The maximum Gasteiger partial charge on any atom is 0.338 e. The Labute approximate surface area is 175 Å². The van der Waals surface area contributed by atoms with E-state index in [0.29, 0.717) is 31.2 Å². The molecule has 0 spiro atoms. The predicted molar refractivity (Wildman–Crippen MR) is 116 cm³/mol. The van der Waals surface area contributed by atoms with Crippen molar-refractivity contribution in [1.82, 2.24) is 5.01 Å². The minimum Gasteiger partial charge on any atom is -0.462 e. The van der Waals surface area contributed by atoms with Crippen molar-refractivity contribution in [1.29, 1.82) is 0 Å². The van der Waals surface area contributed by atoms with E-state index in [1.54, 1.807) is 18.3 Å². The first-order valence-corrected chi connectivity index (χ1v) is 9.75. The van der Waals surface area contributed by atoms with Gasteiger partial charge in [-0.3, -0.25) is 5.01 Å². The summed E-state index contributed by atoms with van der Waals surface area (Å²) >= 11 is 1.57. The number of amidine groups is 1. The van der Waals surface area contributed by atoms with Gasteiger partial charge in [-0.2, -0.15) is 5.10 Å². The average Bonchev–Trinajstić information content (AvgIpc) is 3.20. The third kappa shape index (κ3) is 5.82. The molecular formula is C20H24ClN3O3S. The number of benzene rings is 1. The normalized spacial score (nSPS) is 15.1. The highest BCUT2D eigenvalue weighted by atomic mass is 35.5. The molecule has 1 aromatic heterocycles. The van der Waals surface area contributed by atoms with E-state index in [4.69, 9.17) is 15.2 Å². The lowest BCUT2D eigenvalue weighted by Gasteiger charge is -2.24. The second-order valence-electron chi connectivity index (χ2n) is 5.92. The molecule has 2 N–H and O–H groups in total. The van der Waals surface area contributed by atoms with Crippen molar-refractivity contribution >= 4 is 47.2 Å². The van der Waals surface area contributed by atoms with Gasteiger partial charge in [0.2, 0.25) is 0 Å². The number of carbonyl (C=O) groups excluding carboxylic acids is 1. The van der Waals surface area contributed by atoms with Crippen LogP contribution in [0.3, 0.4) is 0 Å². The molecule has 0 bridgehead atoms. The number of morpholine rings is 1. The zero-order chi connectivity index (χ0) is 19.1. The molecule has 150 valence electrons. The molecule has 1 aliphatic rings. The Bertz CT molecular complexity index is 814. The van der Waals surface area contributed by atoms with Crippen molar-refractivity contribution in [3.8, 4) is 0 Å². The van der Waals surface area contributed by atoms with Gasteiger partial charge >= 0.3 is 5.97 Å². The summed E-state index contributed by atoms with van der Waals surface area (Å²) in [5.41, 5.74) is 8.25. The number of carbonyl (C=O) groups is 1. The maximum absolute atomic E-state index is 12.4. The molecule has 0 amide bonds. The summed E-state index contributed by atoms with van der Waals surface area (Å²) in [6.07, 6.45) is 1.85. The molecule has 6 nitrogen and oxygen atoms in total. The van der Waals surface area contributed by atoms with Crippen molar-refractivity contribution in [3.63, 3.8) is 0 Å². The molecule has 1 fully saturated rings. The number of rotatable bonds is 6. The van der Waals surface area contributed by atoms with E-state index in [-0.39, 0.29) is 18.4 Å². The Morgan fingerprint density at radius 1 is 1.25 bits per heavy atom. The zero-order valence-electron chi connectivity index (χ0n) is 15.7. The summed E-state index contributed by atoms with van der Waals surface area (Å²) in [6, 6.07) is 11.4. The first-order chi connectivity index (χ1) is 13.2. The molecule has 2 aromatic rings. The summed E-state index contributed by atoms with van der Waals surface area (Å²) < 4.78 is 10.5. The van der Waals surface area contributed by atoms with E-state index >= 15 is 0 Å². The minimum atomic E-state index is -0.339. The molecule has 2 heterocycles. The number of thiophene rings is 1. The van der Waals surface area contributed by atoms with Gasteiger partial charge in [-0.25, -0.2) is 4.79 Å². The fourth-order valence-electron chi connectivity index (χ4n) is 2.67. The molecule has 0 unspecified atom stereocenters. The lowest BCUT2D eigenvalue weighted by Crippen LogP contribution is -2.34. The second kappa shape index (κ2) is 10.8. The van der Waals surface area contributed by atoms with E-state index in [1.807, 2.05) is 52.9 Å². The maximum atomic E-state index is 12.4. The van der Waals surface area contributed by atoms with Gasteiger partial charge in [-0.05, 0) is 30.0 Å². The highest BCUT2D eigenvalue weighted by Gasteiger charge is 2.15. The molecule has 0 aliphatic carbocycles. The van der Waals surface area contributed by atoms with Crippen molar-refractivity contribution in [3.05, 3.63) is 57.8 Å². The summed E-state index contributed by atoms with van der Waals surface area (Å²) in [5.74, 6) is 0.108. The Kier molecular flexibility index (Phi) is 8.50. The Hall–Kier alpha value is -2.35. The van der Waals surface area contributed by atoms with Crippen molar-refractivity contribution in [2.24, 2.45) is 10.8 Å². The minimum absolute atomic E-state index is 0. The summed E-state index contributed by atoms with van der Waals surface area (Å²) in [6.45, 7) is 4.91. The van der Waals surface area contributed by atoms with Crippen LogP contribution in [0.15, 0.2) is 46.9 Å². The number of nitrogens with zero attached hydrogens (tertiary/aromatic N) is 2. The van der Waals surface area contributed by atoms with Crippen molar-refractivity contribution in [2.75, 3.05) is 32.9 Å². The molecule has 28 heavy (non-hydrogen) atoms. The number of ether oxygens (including phenoxy) is 2. The number of hydrogen-bond acceptors (Lipinski definition) is 6. The zero-order valence-corrected chi connectivity index (χ0v) is 17.3. The van der Waals surface area contributed by atoms with Gasteiger partial charge in [0.05, 0.1) is 38.5 Å². The Morgan fingerprint density at radius 3 is 2.54 bits per heavy atom. The van der Waals surface area contributed by atoms with E-state index in [9.17, 15) is 4.79 Å². The predicted octanol–water partition coefficient (Wildman–Crippen LogP) is 3.23. The highest BCUT2D eigenvalue weighted by molar-refractivity contribution is 7.11. The van der Waals surface area contributed by atoms with Gasteiger partial charge in [-0.1, -0.05) is 30.3 Å². The van der Waals surface area contributed by atoms with Crippen LogP contribution in [0.1, 0.15) is 22.9 Å². The average molecular weight is 422 g/mol. The molecule has 8 heteroatoms. The third-order valence-electron chi connectivity index (χ3n) is 4.05. The van der Waals surface area contributed by atoms with Crippen LogP contribution in [-0.4, -0.2) is 49.7 Å². The van der Waals surface area contributed by atoms with Crippen molar-refractivity contribution < 1.29 is 14.3 Å². The number of hydrogen-bond donors (Lipinski definition) is 1. The Balaban J connectivity index is 0.00000280. The van der Waals surface area contributed by atoms with E-state index in [1.165, 1.54) is 0 Å². The van der Waals surface area contributed by atoms with Crippen LogP contribution in [-0.2, 0) is 14.3 Å². The van der Waals surface area contributed by atoms with Crippen LogP contribution in [0, 0.1) is 0 Å². The number of halogens is 1. The topological polar surface area (TPSA) is 77.2 Å².